The van der Waals surface area contributed by atoms with Gasteiger partial charge >= 0.3 is 6.03 Å². The van der Waals surface area contributed by atoms with Crippen LogP contribution in [0.15, 0.2) is 24.3 Å². The number of nitrogens with zero attached hydrogens (tertiary/aromatic N) is 1. The van der Waals surface area contributed by atoms with Crippen molar-refractivity contribution in [2.75, 3.05) is 11.9 Å². The molecule has 1 spiro atoms. The van der Waals surface area contributed by atoms with Gasteiger partial charge in [0.25, 0.3) is 11.8 Å². The Balaban J connectivity index is 1.59. The third-order valence-corrected chi connectivity index (χ3v) is 4.94. The molecule has 7 nitrogen and oxygen atoms in total. The number of rotatable bonds is 5. The van der Waals surface area contributed by atoms with E-state index in [0.717, 1.165) is 41.9 Å². The maximum Gasteiger partial charge on any atom is 0.344 e. The van der Waals surface area contributed by atoms with Crippen LogP contribution in [0.3, 0.4) is 0 Å². The third kappa shape index (κ3) is 3.45. The molecule has 2 fully saturated rings. The number of urea groups is 1. The lowest BCUT2D eigenvalue weighted by atomic mass is 9.82. The molecule has 1 saturated heterocycles. The van der Waals surface area contributed by atoms with Crippen LogP contribution in [0, 0.1) is 0 Å². The number of hydrogen-bond acceptors (Lipinski definition) is 4. The van der Waals surface area contributed by atoms with E-state index in [1.807, 2.05) is 31.2 Å². The molecule has 1 aromatic rings. The summed E-state index contributed by atoms with van der Waals surface area (Å²) in [7, 11) is 0. The van der Waals surface area contributed by atoms with Gasteiger partial charge in [-0.25, -0.2) is 4.79 Å². The molecule has 0 aromatic heterocycles. The molecule has 1 heterocycles. The molecule has 1 aliphatic carbocycles. The first-order valence-electron chi connectivity index (χ1n) is 8.84. The van der Waals surface area contributed by atoms with Crippen LogP contribution in [-0.2, 0) is 16.0 Å². The fourth-order valence-corrected chi connectivity index (χ4v) is 3.56. The van der Waals surface area contributed by atoms with Crippen molar-refractivity contribution < 1.29 is 14.4 Å². The molecule has 0 radical (unpaired) electrons. The summed E-state index contributed by atoms with van der Waals surface area (Å²) in [6.45, 7) is 2.03. The van der Waals surface area contributed by atoms with Gasteiger partial charge in [-0.3, -0.25) is 15.0 Å². The molecule has 7 heteroatoms. The zero-order valence-corrected chi connectivity index (χ0v) is 14.4. The van der Waals surface area contributed by atoms with Gasteiger partial charge in [-0.05, 0) is 30.9 Å². The topological polar surface area (TPSA) is 90.5 Å². The van der Waals surface area contributed by atoms with Gasteiger partial charge < -0.3 is 10.6 Å². The normalized spacial score (nSPS) is 19.0. The van der Waals surface area contributed by atoms with Crippen LogP contribution in [0.5, 0.6) is 0 Å². The first-order valence-corrected chi connectivity index (χ1v) is 8.84. The minimum absolute atomic E-state index is 0.0128. The van der Waals surface area contributed by atoms with Crippen LogP contribution in [0.25, 0.3) is 0 Å². The Labute approximate surface area is 147 Å². The summed E-state index contributed by atoms with van der Waals surface area (Å²) in [6, 6.07) is 7.18. The number of nitrogens with one attached hydrogen (secondary N) is 3. The van der Waals surface area contributed by atoms with Gasteiger partial charge in [0.2, 0.25) is 0 Å². The van der Waals surface area contributed by atoms with E-state index < -0.39 is 17.5 Å². The maximum absolute atomic E-state index is 12.6. The highest BCUT2D eigenvalue weighted by molar-refractivity contribution is 6.08. The first kappa shape index (κ1) is 17.3. The van der Waals surface area contributed by atoms with E-state index in [1.165, 1.54) is 0 Å². The molecule has 3 N–H and O–H groups in total. The van der Waals surface area contributed by atoms with Gasteiger partial charge in [0.05, 0.1) is 6.54 Å². The molecule has 0 unspecified atom stereocenters. The van der Waals surface area contributed by atoms with Crippen LogP contribution in [-0.4, -0.2) is 34.9 Å². The number of anilines is 1. The van der Waals surface area contributed by atoms with Crippen LogP contribution < -0.4 is 16.1 Å². The molecule has 2 aliphatic rings. The van der Waals surface area contributed by atoms with E-state index >= 15 is 0 Å². The summed E-state index contributed by atoms with van der Waals surface area (Å²) in [5, 5.41) is 6.66. The maximum atomic E-state index is 12.6. The molecular formula is C18H24N4O3. The van der Waals surface area contributed by atoms with E-state index in [1.54, 1.807) is 0 Å². The predicted molar refractivity (Wildman–Crippen MR) is 93.6 cm³/mol. The van der Waals surface area contributed by atoms with Crippen LogP contribution >= 0.6 is 0 Å². The molecule has 25 heavy (non-hydrogen) atoms. The van der Waals surface area contributed by atoms with Gasteiger partial charge in [-0.1, -0.05) is 44.4 Å². The quantitative estimate of drug-likeness (QED) is 0.712. The minimum atomic E-state index is -0.829. The molecule has 1 aliphatic heterocycles. The van der Waals surface area contributed by atoms with Crippen molar-refractivity contribution in [2.45, 2.75) is 51.0 Å². The van der Waals surface area contributed by atoms with Crippen molar-refractivity contribution in [3.05, 3.63) is 29.8 Å². The Bertz CT molecular complexity index is 683. The van der Waals surface area contributed by atoms with Crippen molar-refractivity contribution in [2.24, 2.45) is 0 Å². The molecular weight excluding hydrogens is 320 g/mol. The highest BCUT2D eigenvalue weighted by Crippen LogP contribution is 2.32. The first-order chi connectivity index (χ1) is 12.1. The number of imide groups is 1. The molecule has 1 saturated carbocycles. The SMILES string of the molecule is CCc1ccccc1NCC(=O)NN1C(=O)NC2(CCCCC2)C1=O. The molecule has 1 aromatic carbocycles. The Hall–Kier alpha value is -2.57. The number of para-hydroxylation sites is 1. The number of hydrazine groups is 1. The number of amides is 4. The average Bonchev–Trinajstić information content (AvgIpc) is 2.85. The summed E-state index contributed by atoms with van der Waals surface area (Å²) in [5.74, 6) is -0.776. The fourth-order valence-electron chi connectivity index (χ4n) is 3.56. The van der Waals surface area contributed by atoms with Gasteiger partial charge in [-0.15, -0.1) is 0 Å². The summed E-state index contributed by atoms with van der Waals surface area (Å²) >= 11 is 0. The van der Waals surface area contributed by atoms with Gasteiger partial charge in [0, 0.05) is 5.69 Å². The monoisotopic (exact) mass is 344 g/mol. The summed E-state index contributed by atoms with van der Waals surface area (Å²) in [6.07, 6.45) is 4.99. The van der Waals surface area contributed by atoms with E-state index in [4.69, 9.17) is 0 Å². The molecule has 3 rings (SSSR count). The largest absolute Gasteiger partial charge is 0.376 e. The number of benzene rings is 1. The second-order valence-corrected chi connectivity index (χ2v) is 6.61. The number of hydrogen-bond donors (Lipinski definition) is 3. The second kappa shape index (κ2) is 7.13. The van der Waals surface area contributed by atoms with Crippen LogP contribution in [0.2, 0.25) is 0 Å². The van der Waals surface area contributed by atoms with E-state index in [0.29, 0.717) is 12.8 Å². The standard InChI is InChI=1S/C18H24N4O3/c1-2-13-8-4-5-9-14(13)19-12-15(23)21-22-16(24)18(20-17(22)25)10-6-3-7-11-18/h4-5,8-9,19H,2-3,6-7,10-12H2,1H3,(H,20,25)(H,21,23). The van der Waals surface area contributed by atoms with Gasteiger partial charge in [0.1, 0.15) is 5.54 Å². The van der Waals surface area contributed by atoms with Crippen molar-refractivity contribution in [1.82, 2.24) is 15.8 Å². The Kier molecular flexibility index (Phi) is 4.92. The number of carbonyl (C=O) groups excluding carboxylic acids is 3. The van der Waals surface area contributed by atoms with Crippen molar-refractivity contribution in [1.29, 1.82) is 0 Å². The van der Waals surface area contributed by atoms with Crippen molar-refractivity contribution in [3.63, 3.8) is 0 Å². The van der Waals surface area contributed by atoms with Crippen LogP contribution in [0.4, 0.5) is 10.5 Å². The van der Waals surface area contributed by atoms with Crippen molar-refractivity contribution >= 4 is 23.5 Å². The fraction of sp³-hybridized carbons (Fsp3) is 0.500. The second-order valence-electron chi connectivity index (χ2n) is 6.61. The number of aryl methyl sites for hydroxylation is 1. The Morgan fingerprint density at radius 2 is 1.92 bits per heavy atom. The average molecular weight is 344 g/mol. The molecule has 0 atom stereocenters. The zero-order valence-electron chi connectivity index (χ0n) is 14.4. The lowest BCUT2D eigenvalue weighted by molar-refractivity contribution is -0.139. The van der Waals surface area contributed by atoms with Crippen molar-refractivity contribution in [3.8, 4) is 0 Å². The van der Waals surface area contributed by atoms with E-state index in [-0.39, 0.29) is 12.5 Å². The zero-order chi connectivity index (χ0) is 17.9. The smallest absolute Gasteiger partial charge is 0.344 e. The molecule has 0 bridgehead atoms. The van der Waals surface area contributed by atoms with Crippen LogP contribution in [0.1, 0.15) is 44.6 Å². The van der Waals surface area contributed by atoms with Gasteiger partial charge in [0.15, 0.2) is 0 Å². The highest BCUT2D eigenvalue weighted by atomic mass is 16.2. The Morgan fingerprint density at radius 3 is 2.64 bits per heavy atom. The van der Waals surface area contributed by atoms with E-state index in [2.05, 4.69) is 16.1 Å². The lowest BCUT2D eigenvalue weighted by Gasteiger charge is -2.30. The predicted octanol–water partition coefficient (Wildman–Crippen LogP) is 1.95. The third-order valence-electron chi connectivity index (χ3n) is 4.94. The highest BCUT2D eigenvalue weighted by Gasteiger charge is 2.52. The van der Waals surface area contributed by atoms with E-state index in [9.17, 15) is 14.4 Å². The number of carbonyl (C=O) groups is 3. The minimum Gasteiger partial charge on any atom is -0.376 e. The molecule has 4 amide bonds. The lowest BCUT2D eigenvalue weighted by Crippen LogP contribution is -2.51. The molecule has 134 valence electrons. The summed E-state index contributed by atoms with van der Waals surface area (Å²) < 4.78 is 0. The van der Waals surface area contributed by atoms with Gasteiger partial charge in [-0.2, -0.15) is 5.01 Å². The summed E-state index contributed by atoms with van der Waals surface area (Å²) in [5.41, 5.74) is 3.58. The Morgan fingerprint density at radius 1 is 1.20 bits per heavy atom. The summed E-state index contributed by atoms with van der Waals surface area (Å²) in [4.78, 5) is 36.9.